The molecule has 4 fully saturated rings. The van der Waals surface area contributed by atoms with Crippen molar-refractivity contribution in [2.45, 2.75) is 50.1 Å². The minimum absolute atomic E-state index is 0. The topological polar surface area (TPSA) is 285 Å². The third-order valence-electron chi connectivity index (χ3n) is 10.3. The minimum Gasteiger partial charge on any atom is -0.546 e. The Labute approximate surface area is 337 Å². The van der Waals surface area contributed by atoms with E-state index in [1.807, 2.05) is 0 Å². The van der Waals surface area contributed by atoms with E-state index in [0.29, 0.717) is 24.5 Å². The summed E-state index contributed by atoms with van der Waals surface area (Å²) in [6.07, 6.45) is 3.69. The van der Waals surface area contributed by atoms with E-state index in [1.54, 1.807) is 4.90 Å². The number of hydrogen-bond acceptors (Lipinski definition) is 16. The molecule has 23 heteroatoms. The molecule has 0 aliphatic carbocycles. The van der Waals surface area contributed by atoms with Crippen molar-refractivity contribution in [3.8, 4) is 5.75 Å². The maximum atomic E-state index is 13.8. The number of anilines is 1. The quantitative estimate of drug-likeness (QED) is 0.0377. The third-order valence-corrected chi connectivity index (χ3v) is 12.4. The molecule has 0 unspecified atom stereocenters. The van der Waals surface area contributed by atoms with Gasteiger partial charge in [0.1, 0.15) is 29.3 Å². The number of aromatic nitrogens is 6. The Kier molecular flexibility index (Phi) is 11.0. The molecule has 4 saturated heterocycles. The van der Waals surface area contributed by atoms with Gasteiger partial charge in [-0.3, -0.25) is 34.4 Å². The Morgan fingerprint density at radius 2 is 1.98 bits per heavy atom. The molecule has 0 radical (unpaired) electrons. The molecular weight excluding hydrogens is 756 g/mol. The SMILES string of the molecule is CC(C)(O/N=C(\C(=O)N[C@@H]1C(=O)N2C(c3nnn[n-]3)=C(C[N+]34CCC(CNC(=O)c5cc(=O)c(O)c[nH]5)(CC3)CC4)CS[C@H]12)c1csc(N)n1)C(=O)[O-].[Na+]. The number of thiazole rings is 1. The fourth-order valence-electron chi connectivity index (χ4n) is 7.06. The predicted molar refractivity (Wildman–Crippen MR) is 185 cm³/mol. The molecule has 0 aromatic carbocycles. The van der Waals surface area contributed by atoms with E-state index in [4.69, 9.17) is 10.6 Å². The summed E-state index contributed by atoms with van der Waals surface area (Å²) in [7, 11) is 0. The maximum Gasteiger partial charge on any atom is 1.00 e. The largest absolute Gasteiger partial charge is 1.00 e. The van der Waals surface area contributed by atoms with Crippen molar-refractivity contribution in [3.63, 3.8) is 0 Å². The van der Waals surface area contributed by atoms with Crippen LogP contribution < -0.4 is 61.6 Å². The molecule has 54 heavy (non-hydrogen) atoms. The number of amides is 3. The van der Waals surface area contributed by atoms with Crippen LogP contribution in [0.25, 0.3) is 5.70 Å². The number of piperidine rings is 3. The molecule has 8 rings (SSSR count). The first kappa shape index (κ1) is 39.3. The van der Waals surface area contributed by atoms with E-state index in [-0.39, 0.29) is 63.0 Å². The number of oxime groups is 1. The average molecular weight is 791 g/mol. The van der Waals surface area contributed by atoms with Gasteiger partial charge in [0, 0.05) is 60.2 Å². The number of thioether (sulfide) groups is 1. The Balaban J connectivity index is 0.00000497. The molecule has 0 saturated carbocycles. The number of carbonyl (C=O) groups excluding carboxylic acids is 4. The van der Waals surface area contributed by atoms with Crippen molar-refractivity contribution in [2.24, 2.45) is 10.6 Å². The molecule has 3 aromatic heterocycles. The van der Waals surface area contributed by atoms with Crippen LogP contribution in [0.1, 0.15) is 55.1 Å². The molecule has 3 aromatic rings. The first-order valence-corrected chi connectivity index (χ1v) is 18.5. The van der Waals surface area contributed by atoms with Crippen LogP contribution in [0.4, 0.5) is 5.13 Å². The predicted octanol–water partition coefficient (Wildman–Crippen LogP) is -5.24. The normalized spacial score (nSPS) is 25.0. The van der Waals surface area contributed by atoms with Gasteiger partial charge >= 0.3 is 29.6 Å². The number of aromatic hydroxyl groups is 1. The molecule has 2 atom stereocenters. The second-order valence-corrected chi connectivity index (χ2v) is 16.1. The van der Waals surface area contributed by atoms with Crippen LogP contribution in [-0.4, -0.2) is 125 Å². The molecule has 280 valence electrons. The van der Waals surface area contributed by atoms with Gasteiger partial charge in [-0.15, -0.1) is 23.1 Å². The van der Waals surface area contributed by atoms with Crippen LogP contribution in [0.3, 0.4) is 0 Å². The Bertz CT molecular complexity index is 2080. The van der Waals surface area contributed by atoms with E-state index in [0.717, 1.165) is 72.6 Å². The number of hydrogen-bond donors (Lipinski definition) is 5. The minimum atomic E-state index is -1.86. The summed E-state index contributed by atoms with van der Waals surface area (Å²) in [6.45, 7) is 6.06. The number of tetrazole rings is 1. The van der Waals surface area contributed by atoms with Crippen LogP contribution in [0.5, 0.6) is 5.75 Å². The number of nitrogens with zero attached hydrogens (tertiary/aromatic N) is 8. The van der Waals surface area contributed by atoms with Crippen molar-refractivity contribution in [1.82, 2.24) is 46.1 Å². The zero-order chi connectivity index (χ0) is 37.7. The van der Waals surface area contributed by atoms with Crippen LogP contribution in [-0.2, 0) is 19.2 Å². The zero-order valence-corrected chi connectivity index (χ0v) is 33.2. The smallest absolute Gasteiger partial charge is 0.546 e. The van der Waals surface area contributed by atoms with Gasteiger partial charge in [-0.1, -0.05) is 5.16 Å². The van der Waals surface area contributed by atoms with Crippen molar-refractivity contribution >= 4 is 63.3 Å². The zero-order valence-electron chi connectivity index (χ0n) is 29.5. The summed E-state index contributed by atoms with van der Waals surface area (Å²) in [5.74, 6) is -2.92. The number of pyridine rings is 1. The number of H-pyrrole nitrogens is 1. The monoisotopic (exact) mass is 790 g/mol. The summed E-state index contributed by atoms with van der Waals surface area (Å²) in [5, 5.41) is 47.0. The number of nitrogens with two attached hydrogens (primary N) is 1. The number of carboxylic acid groups (broad SMARTS) is 1. The van der Waals surface area contributed by atoms with Crippen LogP contribution >= 0.6 is 23.1 Å². The number of nitrogen functional groups attached to an aromatic ring is 1. The van der Waals surface area contributed by atoms with E-state index in [1.165, 1.54) is 31.0 Å². The number of aliphatic carboxylic acids is 1. The van der Waals surface area contributed by atoms with Gasteiger partial charge < -0.3 is 50.8 Å². The van der Waals surface area contributed by atoms with Crippen LogP contribution in [0.2, 0.25) is 0 Å². The van der Waals surface area contributed by atoms with Gasteiger partial charge in [0.05, 0.1) is 37.1 Å². The number of carbonyl (C=O) groups is 4. The molecule has 6 N–H and O–H groups in total. The molecule has 0 spiro atoms. The molecule has 3 amide bonds. The first-order valence-electron chi connectivity index (χ1n) is 16.6. The van der Waals surface area contributed by atoms with Crippen LogP contribution in [0.15, 0.2) is 33.2 Å². The molecule has 8 heterocycles. The van der Waals surface area contributed by atoms with Crippen molar-refractivity contribution in [3.05, 3.63) is 50.7 Å². The maximum absolute atomic E-state index is 13.8. The van der Waals surface area contributed by atoms with Crippen molar-refractivity contribution < 1.29 is 68.3 Å². The molecule has 2 bridgehead atoms. The number of carboxylic acids is 1. The number of quaternary nitrogens is 1. The van der Waals surface area contributed by atoms with Gasteiger partial charge in [-0.2, -0.15) is 5.21 Å². The summed E-state index contributed by atoms with van der Waals surface area (Å²) in [5.41, 5.74) is 4.42. The summed E-state index contributed by atoms with van der Waals surface area (Å²) in [4.78, 5) is 76.8. The number of nitrogens with one attached hydrogen (secondary N) is 3. The van der Waals surface area contributed by atoms with E-state index >= 15 is 0 Å². The molecule has 5 aliphatic heterocycles. The van der Waals surface area contributed by atoms with Gasteiger partial charge in [0.15, 0.2) is 22.2 Å². The summed E-state index contributed by atoms with van der Waals surface area (Å²) < 4.78 is 0.785. The van der Waals surface area contributed by atoms with Crippen LogP contribution in [0, 0.1) is 5.41 Å². The van der Waals surface area contributed by atoms with Gasteiger partial charge in [-0.05, 0) is 13.8 Å². The van der Waals surface area contributed by atoms with Gasteiger partial charge in [0.2, 0.25) is 5.43 Å². The summed E-state index contributed by atoms with van der Waals surface area (Å²) >= 11 is 2.52. The second-order valence-electron chi connectivity index (χ2n) is 14.1. The Morgan fingerprint density at radius 1 is 1.26 bits per heavy atom. The van der Waals surface area contributed by atoms with E-state index in [9.17, 15) is 34.2 Å². The van der Waals surface area contributed by atoms with Crippen molar-refractivity contribution in [2.75, 3.05) is 44.2 Å². The molecule has 5 aliphatic rings. The number of fused-ring (bicyclic) bond motifs is 4. The van der Waals surface area contributed by atoms with Crippen molar-refractivity contribution in [1.29, 1.82) is 0 Å². The Hall–Kier alpha value is -4.35. The second kappa shape index (κ2) is 15.1. The fraction of sp³-hybridized carbons (Fsp3) is 0.484. The van der Waals surface area contributed by atoms with Gasteiger partial charge in [0.25, 0.3) is 17.7 Å². The average Bonchev–Trinajstić information content (AvgIpc) is 3.84. The number of aromatic amines is 1. The first-order chi connectivity index (χ1) is 25.2. The number of rotatable bonds is 12. The fourth-order valence-corrected chi connectivity index (χ4v) is 8.95. The molecule has 20 nitrogen and oxygen atoms in total. The molecular formula is C31H35N12NaO8S2. The number of β-lactam (4-membered cyclic amide) rings is 1. The Morgan fingerprint density at radius 3 is 2.59 bits per heavy atom. The third kappa shape index (κ3) is 7.49. The van der Waals surface area contributed by atoms with E-state index in [2.05, 4.69) is 46.4 Å². The van der Waals surface area contributed by atoms with Gasteiger partial charge in [-0.25, -0.2) is 4.98 Å². The van der Waals surface area contributed by atoms with E-state index < -0.39 is 51.9 Å². The summed E-state index contributed by atoms with van der Waals surface area (Å²) in [6, 6.07) is 0.107. The standard InChI is InChI=1S/C31H36N12O8S2.Na/c1-30(2,28(49)50)51-39-20(17-13-53-29(32)35-17)25(47)36-21-26(48)42-22(23-37-40-41-38-23)15(12-52-27(21)42)11-43-6-3-31(4-7-43,5-8-43)14-34-24(46)16-9-18(44)19(45)10-33-16;/h9-10,13,21,27H,3-8,11-12,14H2,1-2H3,(H7-,32,33,34,35,36,37,38,39,40,41,44,45,46,47,49,50);/q;+1/p-1/t21-,27-,31?,43?;/m1./s1.